The molecule has 1 unspecified atom stereocenters. The number of amides is 1. The number of thioether (sulfide) groups is 1. The number of benzene rings is 2. The summed E-state index contributed by atoms with van der Waals surface area (Å²) in [5.41, 5.74) is 2.63. The second-order valence-corrected chi connectivity index (χ2v) is 10.3. The molecule has 2 aromatic carbocycles. The molecular formula is C27H27N3O3S. The number of hydrogen-bond acceptors (Lipinski definition) is 6. The maximum Gasteiger partial charge on any atom is 0.234 e. The van der Waals surface area contributed by atoms with Gasteiger partial charge in [-0.05, 0) is 41.7 Å². The third-order valence-corrected chi connectivity index (χ3v) is 7.12. The van der Waals surface area contributed by atoms with Crippen LogP contribution in [0.2, 0.25) is 0 Å². The van der Waals surface area contributed by atoms with Gasteiger partial charge in [-0.2, -0.15) is 5.26 Å². The molecule has 0 bridgehead atoms. The number of para-hydroxylation sites is 1. The topological polar surface area (TPSA) is 91.5 Å². The monoisotopic (exact) mass is 473 g/mol. The van der Waals surface area contributed by atoms with Crippen LogP contribution in [-0.4, -0.2) is 30.3 Å². The van der Waals surface area contributed by atoms with Gasteiger partial charge in [0.2, 0.25) is 5.91 Å². The van der Waals surface area contributed by atoms with Crippen molar-refractivity contribution in [1.82, 2.24) is 0 Å². The Labute approximate surface area is 204 Å². The van der Waals surface area contributed by atoms with E-state index in [1.54, 1.807) is 7.11 Å². The highest BCUT2D eigenvalue weighted by molar-refractivity contribution is 8.03. The van der Waals surface area contributed by atoms with Crippen molar-refractivity contribution in [2.75, 3.05) is 18.2 Å². The summed E-state index contributed by atoms with van der Waals surface area (Å²) in [6.07, 6.45) is 1.12. The Morgan fingerprint density at radius 2 is 1.85 bits per heavy atom. The number of nitrogens with one attached hydrogen (secondary N) is 1. The van der Waals surface area contributed by atoms with E-state index < -0.39 is 11.8 Å². The van der Waals surface area contributed by atoms with E-state index >= 15 is 0 Å². The number of ketones is 1. The summed E-state index contributed by atoms with van der Waals surface area (Å²) in [6.45, 7) is 4.13. The van der Waals surface area contributed by atoms with Gasteiger partial charge in [0.15, 0.2) is 0 Å². The molecule has 1 amide bonds. The standard InChI is InChI=1S/C27H27N3O3S/c1-27(2)13-21-25(22(31)14-27)24(17-9-11-19(33-3)12-10-17)20(15-28)26(30-21)34-16-23(32)29-18-7-5-4-6-8-18/h4-12,24-25H,13-14,16H2,1-3H3,(H,29,32)/t24-,25?/m1/s1. The molecule has 1 aliphatic carbocycles. The Morgan fingerprint density at radius 1 is 1.15 bits per heavy atom. The number of methoxy groups -OCH3 is 1. The lowest BCUT2D eigenvalue weighted by atomic mass is 9.64. The predicted molar refractivity (Wildman–Crippen MR) is 135 cm³/mol. The zero-order valence-electron chi connectivity index (χ0n) is 19.5. The van der Waals surface area contributed by atoms with Crippen LogP contribution in [0.1, 0.15) is 38.2 Å². The zero-order chi connectivity index (χ0) is 24.3. The summed E-state index contributed by atoms with van der Waals surface area (Å²) in [5, 5.41) is 13.5. The average Bonchev–Trinajstić information content (AvgIpc) is 2.81. The largest absolute Gasteiger partial charge is 0.497 e. The summed E-state index contributed by atoms with van der Waals surface area (Å²) < 4.78 is 5.28. The van der Waals surface area contributed by atoms with Gasteiger partial charge in [-0.3, -0.25) is 9.59 Å². The lowest BCUT2D eigenvalue weighted by molar-refractivity contribution is -0.124. The van der Waals surface area contributed by atoms with Crippen LogP contribution in [0.3, 0.4) is 0 Å². The lowest BCUT2D eigenvalue weighted by Gasteiger charge is -2.40. The molecule has 1 N–H and O–H groups in total. The first-order valence-electron chi connectivity index (χ1n) is 11.2. The molecule has 1 heterocycles. The fourth-order valence-electron chi connectivity index (χ4n) is 4.66. The molecule has 1 fully saturated rings. The molecule has 6 nitrogen and oxygen atoms in total. The number of Topliss-reactive ketones (excluding diaryl/α,β-unsaturated/α-hetero) is 1. The van der Waals surface area contributed by atoms with Gasteiger partial charge >= 0.3 is 0 Å². The quantitative estimate of drug-likeness (QED) is 0.611. The van der Waals surface area contributed by atoms with E-state index in [-0.39, 0.29) is 22.9 Å². The number of rotatable bonds is 6. The number of fused-ring (bicyclic) bond motifs is 1. The number of ether oxygens (including phenoxy) is 1. The number of aliphatic imine (C=N–C) groups is 1. The van der Waals surface area contributed by atoms with Crippen LogP contribution in [0.25, 0.3) is 0 Å². The number of nitrogens with zero attached hydrogens (tertiary/aromatic N) is 2. The van der Waals surface area contributed by atoms with Crippen LogP contribution >= 0.6 is 11.8 Å². The Kier molecular flexibility index (Phi) is 6.90. The van der Waals surface area contributed by atoms with E-state index in [0.29, 0.717) is 34.9 Å². The first-order valence-corrected chi connectivity index (χ1v) is 12.2. The van der Waals surface area contributed by atoms with E-state index in [0.717, 1.165) is 11.3 Å². The van der Waals surface area contributed by atoms with Crippen molar-refractivity contribution < 1.29 is 14.3 Å². The third-order valence-electron chi connectivity index (χ3n) is 6.13. The molecule has 34 heavy (non-hydrogen) atoms. The van der Waals surface area contributed by atoms with Crippen molar-refractivity contribution >= 4 is 34.9 Å². The van der Waals surface area contributed by atoms with Crippen molar-refractivity contribution in [2.24, 2.45) is 16.3 Å². The zero-order valence-corrected chi connectivity index (χ0v) is 20.3. The highest BCUT2D eigenvalue weighted by Gasteiger charge is 2.46. The highest BCUT2D eigenvalue weighted by Crippen LogP contribution is 2.48. The lowest BCUT2D eigenvalue weighted by Crippen LogP contribution is -2.42. The van der Waals surface area contributed by atoms with Crippen LogP contribution in [0.15, 0.2) is 70.2 Å². The summed E-state index contributed by atoms with van der Waals surface area (Å²) in [7, 11) is 1.60. The molecule has 2 atom stereocenters. The summed E-state index contributed by atoms with van der Waals surface area (Å²) >= 11 is 1.24. The SMILES string of the molecule is COc1ccc([C@@H]2C(C#N)=C(SCC(=O)Nc3ccccc3)N=C3CC(C)(C)CC(=O)C32)cc1. The number of hydrogen-bond donors (Lipinski definition) is 1. The normalized spacial score (nSPS) is 21.2. The van der Waals surface area contributed by atoms with Crippen LogP contribution in [0, 0.1) is 22.7 Å². The van der Waals surface area contributed by atoms with Gasteiger partial charge in [0.25, 0.3) is 0 Å². The van der Waals surface area contributed by atoms with Crippen molar-refractivity contribution in [3.05, 3.63) is 70.8 Å². The van der Waals surface area contributed by atoms with Gasteiger partial charge in [0, 0.05) is 23.7 Å². The minimum Gasteiger partial charge on any atom is -0.497 e. The number of carbonyl (C=O) groups excluding carboxylic acids is 2. The van der Waals surface area contributed by atoms with Crippen molar-refractivity contribution in [3.8, 4) is 11.8 Å². The van der Waals surface area contributed by atoms with E-state index in [9.17, 15) is 14.9 Å². The number of nitriles is 1. The first kappa shape index (κ1) is 23.8. The van der Waals surface area contributed by atoms with Crippen LogP contribution in [0.4, 0.5) is 5.69 Å². The second-order valence-electron chi connectivity index (χ2n) is 9.35. The minimum absolute atomic E-state index is 0.106. The minimum atomic E-state index is -0.460. The van der Waals surface area contributed by atoms with Crippen molar-refractivity contribution in [1.29, 1.82) is 5.26 Å². The molecule has 7 heteroatoms. The van der Waals surface area contributed by atoms with E-state index in [1.807, 2.05) is 54.6 Å². The average molecular weight is 474 g/mol. The first-order chi connectivity index (χ1) is 16.3. The molecule has 2 aliphatic rings. The Balaban J connectivity index is 1.67. The fourth-order valence-corrected chi connectivity index (χ4v) is 5.51. The molecule has 4 rings (SSSR count). The van der Waals surface area contributed by atoms with Gasteiger partial charge in [-0.25, -0.2) is 4.99 Å². The summed E-state index contributed by atoms with van der Waals surface area (Å²) in [5.74, 6) is -0.132. The molecule has 1 saturated carbocycles. The molecule has 0 aromatic heterocycles. The second kappa shape index (κ2) is 9.86. The van der Waals surface area contributed by atoms with E-state index in [2.05, 4.69) is 25.2 Å². The Hall–Kier alpha value is -3.37. The molecule has 1 aliphatic heterocycles. The van der Waals surface area contributed by atoms with Gasteiger partial charge in [0.1, 0.15) is 16.6 Å². The van der Waals surface area contributed by atoms with Crippen LogP contribution in [0.5, 0.6) is 5.75 Å². The van der Waals surface area contributed by atoms with Gasteiger partial charge in [-0.1, -0.05) is 55.9 Å². The molecular weight excluding hydrogens is 446 g/mol. The van der Waals surface area contributed by atoms with Gasteiger partial charge in [-0.15, -0.1) is 0 Å². The van der Waals surface area contributed by atoms with Gasteiger partial charge < -0.3 is 10.1 Å². The molecule has 0 radical (unpaired) electrons. The maximum atomic E-state index is 13.3. The third kappa shape index (κ3) is 5.07. The number of anilines is 1. The van der Waals surface area contributed by atoms with Crippen LogP contribution < -0.4 is 10.1 Å². The molecule has 0 spiro atoms. The summed E-state index contributed by atoms with van der Waals surface area (Å²) in [6, 6.07) is 19.0. The van der Waals surface area contributed by atoms with E-state index in [4.69, 9.17) is 9.73 Å². The molecule has 0 saturated heterocycles. The smallest absolute Gasteiger partial charge is 0.234 e. The fraction of sp³-hybridized carbons (Fsp3) is 0.333. The Bertz CT molecular complexity index is 1190. The van der Waals surface area contributed by atoms with E-state index in [1.165, 1.54) is 11.8 Å². The Morgan fingerprint density at radius 3 is 2.50 bits per heavy atom. The maximum absolute atomic E-state index is 13.3. The summed E-state index contributed by atoms with van der Waals surface area (Å²) in [4.78, 5) is 30.6. The van der Waals surface area contributed by atoms with Crippen molar-refractivity contribution in [2.45, 2.75) is 32.6 Å². The number of allylic oxidation sites excluding steroid dienone is 1. The highest BCUT2D eigenvalue weighted by atomic mass is 32.2. The van der Waals surface area contributed by atoms with Gasteiger partial charge in [0.05, 0.1) is 30.4 Å². The number of carbonyl (C=O) groups is 2. The van der Waals surface area contributed by atoms with Crippen molar-refractivity contribution in [3.63, 3.8) is 0 Å². The molecule has 2 aromatic rings. The predicted octanol–water partition coefficient (Wildman–Crippen LogP) is 5.35. The molecule has 174 valence electrons. The van der Waals surface area contributed by atoms with Crippen LogP contribution in [-0.2, 0) is 9.59 Å².